The van der Waals surface area contributed by atoms with E-state index < -0.39 is 12.1 Å². The number of nitrogens with one attached hydrogen (secondary N) is 4. The molecule has 2 fully saturated rings. The Morgan fingerprint density at radius 1 is 0.979 bits per heavy atom. The summed E-state index contributed by atoms with van der Waals surface area (Å²) in [6.45, 7) is 35.6. The Morgan fingerprint density at radius 3 is 2.15 bits per heavy atom. The number of amides is 2. The number of rotatable bonds is 17. The SMILES string of the molecule is C=C(CCC(NC(=C)NC(C(=O)N1C[C@H]2[C@@H](C1C(=O)NC(CCC)C(=C)C(=C)C)C2(C)C)C1Cc2ccccc2C1)C(C)(C)C)NCC. The maximum Gasteiger partial charge on any atom is 0.246 e. The third-order valence-corrected chi connectivity index (χ3v) is 11.3. The zero-order valence-electron chi connectivity index (χ0n) is 31.1. The molecule has 4 unspecified atom stereocenters. The molecule has 0 spiro atoms. The van der Waals surface area contributed by atoms with Gasteiger partial charge in [-0.1, -0.05) is 104 Å². The topological polar surface area (TPSA) is 85.5 Å². The number of carbonyl (C=O) groups excluding carboxylic acids is 2. The third kappa shape index (κ3) is 8.20. The van der Waals surface area contributed by atoms with E-state index in [1.807, 2.05) is 11.8 Å². The highest BCUT2D eigenvalue weighted by Crippen LogP contribution is 2.65. The summed E-state index contributed by atoms with van der Waals surface area (Å²) < 4.78 is 0. The molecule has 4 rings (SSSR count). The average Bonchev–Trinajstić information content (AvgIpc) is 3.37. The Kier molecular flexibility index (Phi) is 11.6. The molecule has 1 heterocycles. The minimum atomic E-state index is -0.525. The summed E-state index contributed by atoms with van der Waals surface area (Å²) in [6.07, 6.45) is 5.02. The molecule has 7 heteroatoms. The molecule has 1 saturated carbocycles. The fraction of sp³-hybridized carbons (Fsp3) is 0.610. The van der Waals surface area contributed by atoms with Crippen molar-refractivity contribution in [2.24, 2.45) is 28.6 Å². The molecule has 1 saturated heterocycles. The van der Waals surface area contributed by atoms with Crippen LogP contribution in [-0.4, -0.2) is 54.0 Å². The zero-order chi connectivity index (χ0) is 35.6. The van der Waals surface area contributed by atoms with Gasteiger partial charge in [-0.15, -0.1) is 0 Å². The van der Waals surface area contributed by atoms with E-state index in [9.17, 15) is 9.59 Å². The van der Waals surface area contributed by atoms with Crippen molar-refractivity contribution in [2.75, 3.05) is 13.1 Å². The summed E-state index contributed by atoms with van der Waals surface area (Å²) >= 11 is 0. The first-order valence-electron chi connectivity index (χ1n) is 18.2. The Bertz CT molecular complexity index is 1380. The minimum Gasteiger partial charge on any atom is -0.389 e. The predicted molar refractivity (Wildman–Crippen MR) is 199 cm³/mol. The van der Waals surface area contributed by atoms with Crippen LogP contribution in [0.15, 0.2) is 73.2 Å². The fourth-order valence-electron chi connectivity index (χ4n) is 8.20. The van der Waals surface area contributed by atoms with E-state index in [1.165, 1.54) is 11.1 Å². The lowest BCUT2D eigenvalue weighted by Gasteiger charge is -2.38. The lowest BCUT2D eigenvalue weighted by atomic mass is 9.83. The molecule has 2 amide bonds. The average molecular weight is 658 g/mol. The summed E-state index contributed by atoms with van der Waals surface area (Å²) in [5.74, 6) is 1.01. The Hall–Kier alpha value is -3.48. The van der Waals surface area contributed by atoms with Crippen molar-refractivity contribution in [1.82, 2.24) is 26.2 Å². The maximum absolute atomic E-state index is 14.9. The van der Waals surface area contributed by atoms with Crippen molar-refractivity contribution in [3.63, 3.8) is 0 Å². The van der Waals surface area contributed by atoms with Gasteiger partial charge in [0.05, 0.1) is 11.9 Å². The first-order valence-corrected chi connectivity index (χ1v) is 18.2. The highest BCUT2D eigenvalue weighted by Gasteiger charge is 2.69. The Morgan fingerprint density at radius 2 is 1.60 bits per heavy atom. The van der Waals surface area contributed by atoms with Crippen LogP contribution in [0.1, 0.15) is 92.2 Å². The van der Waals surface area contributed by atoms with Crippen LogP contribution in [0.3, 0.4) is 0 Å². The second-order valence-electron chi connectivity index (χ2n) is 16.3. The van der Waals surface area contributed by atoms with E-state index in [0.717, 1.165) is 61.9 Å². The van der Waals surface area contributed by atoms with Crippen LogP contribution < -0.4 is 21.3 Å². The van der Waals surface area contributed by atoms with Crippen molar-refractivity contribution in [3.8, 4) is 0 Å². The summed E-state index contributed by atoms with van der Waals surface area (Å²) in [5.41, 5.74) is 5.28. The van der Waals surface area contributed by atoms with Crippen molar-refractivity contribution < 1.29 is 9.59 Å². The summed E-state index contributed by atoms with van der Waals surface area (Å²) in [6, 6.07) is 7.35. The standard InChI is InChI=1S/C41H63N5O2/c1-13-17-33(27(6)25(3)4)45-38(47)37-35-32(41(35,11)12)24-46(37)39(48)36(31-22-29-18-15-16-19-30(29)23-31)44-28(7)43-34(40(8,9)10)21-20-26(5)42-14-2/h15-16,18-19,31-37,42-44H,3,5-7,13-14,17,20-24H2,1-2,4,8-12H3,(H,45,47)/t32-,33?,34?,35-,36?,37?/m0/s1. The van der Waals surface area contributed by atoms with E-state index >= 15 is 0 Å². The van der Waals surface area contributed by atoms with Gasteiger partial charge in [0.25, 0.3) is 0 Å². The molecule has 0 radical (unpaired) electrons. The van der Waals surface area contributed by atoms with Crippen LogP contribution in [0, 0.1) is 28.6 Å². The predicted octanol–water partition coefficient (Wildman–Crippen LogP) is 6.64. The van der Waals surface area contributed by atoms with E-state index in [2.05, 4.69) is 120 Å². The summed E-state index contributed by atoms with van der Waals surface area (Å²) in [4.78, 5) is 31.0. The highest BCUT2D eigenvalue weighted by atomic mass is 16.2. The van der Waals surface area contributed by atoms with Crippen LogP contribution >= 0.6 is 0 Å². The smallest absolute Gasteiger partial charge is 0.246 e. The van der Waals surface area contributed by atoms with Gasteiger partial charge in [-0.3, -0.25) is 9.59 Å². The van der Waals surface area contributed by atoms with Gasteiger partial charge in [-0.2, -0.15) is 0 Å². The van der Waals surface area contributed by atoms with Gasteiger partial charge in [-0.25, -0.2) is 0 Å². The molecule has 4 N–H and O–H groups in total. The van der Waals surface area contributed by atoms with Gasteiger partial charge in [0.1, 0.15) is 12.1 Å². The van der Waals surface area contributed by atoms with Crippen LogP contribution in [0.4, 0.5) is 0 Å². The van der Waals surface area contributed by atoms with E-state index in [1.54, 1.807) is 0 Å². The number of hydrogen-bond acceptors (Lipinski definition) is 5. The van der Waals surface area contributed by atoms with E-state index in [4.69, 9.17) is 0 Å². The number of nitrogens with zero attached hydrogens (tertiary/aromatic N) is 1. The summed E-state index contributed by atoms with van der Waals surface area (Å²) in [5, 5.41) is 13.9. The quantitative estimate of drug-likeness (QED) is 0.141. The molecular formula is C41H63N5O2. The van der Waals surface area contributed by atoms with Crippen molar-refractivity contribution >= 4 is 11.8 Å². The third-order valence-electron chi connectivity index (χ3n) is 11.3. The number of likely N-dealkylation sites (tertiary alicyclic amines) is 1. The highest BCUT2D eigenvalue weighted by molar-refractivity contribution is 5.92. The molecule has 1 aromatic rings. The van der Waals surface area contributed by atoms with Crippen molar-refractivity contribution in [2.45, 2.75) is 118 Å². The van der Waals surface area contributed by atoms with Gasteiger partial charge >= 0.3 is 0 Å². The van der Waals surface area contributed by atoms with Crippen LogP contribution in [0.5, 0.6) is 0 Å². The molecule has 48 heavy (non-hydrogen) atoms. The first-order chi connectivity index (χ1) is 22.5. The zero-order valence-corrected chi connectivity index (χ0v) is 31.1. The first kappa shape index (κ1) is 37.3. The van der Waals surface area contributed by atoms with Crippen LogP contribution in [-0.2, 0) is 22.4 Å². The molecule has 7 nitrogen and oxygen atoms in total. The molecule has 1 aliphatic heterocycles. The number of benzene rings is 1. The molecule has 264 valence electrons. The maximum atomic E-state index is 14.9. The Balaban J connectivity index is 1.59. The van der Waals surface area contributed by atoms with Crippen molar-refractivity contribution in [1.29, 1.82) is 0 Å². The molecule has 0 bridgehead atoms. The monoisotopic (exact) mass is 657 g/mol. The lowest BCUT2D eigenvalue weighted by molar-refractivity contribution is -0.143. The Labute approximate surface area is 291 Å². The van der Waals surface area contributed by atoms with Crippen LogP contribution in [0.2, 0.25) is 0 Å². The minimum absolute atomic E-state index is 0.0125. The van der Waals surface area contributed by atoms with Gasteiger partial charge in [0.15, 0.2) is 0 Å². The fourth-order valence-corrected chi connectivity index (χ4v) is 8.20. The van der Waals surface area contributed by atoms with Gasteiger partial charge in [-0.05, 0) is 91.2 Å². The number of allylic oxidation sites excluding steroid dienone is 1. The second kappa shape index (κ2) is 15.0. The van der Waals surface area contributed by atoms with Gasteiger partial charge in [0.2, 0.25) is 11.8 Å². The van der Waals surface area contributed by atoms with E-state index in [0.29, 0.717) is 18.3 Å². The second-order valence-corrected chi connectivity index (χ2v) is 16.3. The summed E-state index contributed by atoms with van der Waals surface area (Å²) in [7, 11) is 0. The number of hydrogen-bond donors (Lipinski definition) is 4. The van der Waals surface area contributed by atoms with Crippen molar-refractivity contribution in [3.05, 3.63) is 84.4 Å². The molecule has 0 aromatic heterocycles. The molecule has 3 aliphatic rings. The van der Waals surface area contributed by atoms with Gasteiger partial charge < -0.3 is 26.2 Å². The largest absolute Gasteiger partial charge is 0.389 e. The molecule has 2 aliphatic carbocycles. The van der Waals surface area contributed by atoms with Crippen LogP contribution in [0.25, 0.3) is 0 Å². The number of fused-ring (bicyclic) bond motifs is 2. The number of piperidine rings is 1. The molecular weight excluding hydrogens is 594 g/mol. The number of carbonyl (C=O) groups is 2. The molecule has 6 atom stereocenters. The normalized spacial score (nSPS) is 22.8. The van der Waals surface area contributed by atoms with Gasteiger partial charge in [0, 0.05) is 24.8 Å². The lowest BCUT2D eigenvalue weighted by Crippen LogP contribution is -2.58. The molecule has 1 aromatic carbocycles. The van der Waals surface area contributed by atoms with E-state index in [-0.39, 0.29) is 46.6 Å².